The lowest BCUT2D eigenvalue weighted by molar-refractivity contribution is -0.123. The Hall–Kier alpha value is -2.80. The van der Waals surface area contributed by atoms with Crippen LogP contribution in [-0.4, -0.2) is 28.8 Å². The van der Waals surface area contributed by atoms with Crippen molar-refractivity contribution in [2.75, 3.05) is 11.9 Å². The molecular formula is C20H21N3O3S. The van der Waals surface area contributed by atoms with Crippen LogP contribution >= 0.6 is 11.8 Å². The third-order valence-corrected chi connectivity index (χ3v) is 4.83. The lowest BCUT2D eigenvalue weighted by atomic mass is 10.2. The van der Waals surface area contributed by atoms with Gasteiger partial charge in [0.15, 0.2) is 5.17 Å². The molecule has 2 aromatic rings. The monoisotopic (exact) mass is 383 g/mol. The number of ether oxygens (including phenoxy) is 1. The number of carbonyl (C=O) groups is 2. The molecule has 1 heterocycles. The molecule has 3 rings (SSSR count). The van der Waals surface area contributed by atoms with Gasteiger partial charge in [0.2, 0.25) is 11.8 Å². The molecule has 1 unspecified atom stereocenters. The second kappa shape index (κ2) is 9.23. The molecule has 0 radical (unpaired) electrons. The van der Waals surface area contributed by atoms with Gasteiger partial charge in [0.25, 0.3) is 0 Å². The molecule has 1 saturated heterocycles. The number of nitrogens with one attached hydrogen (secondary N) is 2. The van der Waals surface area contributed by atoms with Gasteiger partial charge in [-0.15, -0.1) is 0 Å². The molecule has 0 aliphatic carbocycles. The van der Waals surface area contributed by atoms with E-state index in [1.807, 2.05) is 49.4 Å². The van der Waals surface area contributed by atoms with E-state index in [0.717, 1.165) is 17.9 Å². The van der Waals surface area contributed by atoms with Gasteiger partial charge in [-0.05, 0) is 42.8 Å². The third-order valence-electron chi connectivity index (χ3n) is 3.75. The van der Waals surface area contributed by atoms with Gasteiger partial charge in [-0.2, -0.15) is 0 Å². The van der Waals surface area contributed by atoms with Crippen molar-refractivity contribution < 1.29 is 14.3 Å². The molecule has 0 spiro atoms. The number of nitrogens with zero attached hydrogens (tertiary/aromatic N) is 1. The van der Waals surface area contributed by atoms with E-state index in [4.69, 9.17) is 4.74 Å². The molecule has 2 N–H and O–H groups in total. The Morgan fingerprint density at radius 2 is 1.96 bits per heavy atom. The molecule has 2 amide bonds. The maximum atomic E-state index is 12.6. The summed E-state index contributed by atoms with van der Waals surface area (Å²) < 4.78 is 5.53. The number of carbonyl (C=O) groups excluding carboxylic acids is 2. The normalized spacial score (nSPS) is 18.0. The number of para-hydroxylation sites is 1. The van der Waals surface area contributed by atoms with Gasteiger partial charge in [0.1, 0.15) is 11.0 Å². The minimum absolute atomic E-state index is 0.113. The summed E-state index contributed by atoms with van der Waals surface area (Å²) in [6, 6.07) is 16.5. The average molecular weight is 383 g/mol. The smallest absolute Gasteiger partial charge is 0.238 e. The fraction of sp³-hybridized carbons (Fsp3) is 0.250. The Bertz CT molecular complexity index is 822. The van der Waals surface area contributed by atoms with Crippen LogP contribution in [0.1, 0.15) is 19.8 Å². The summed E-state index contributed by atoms with van der Waals surface area (Å²) >= 11 is 1.25. The maximum absolute atomic E-state index is 12.6. The van der Waals surface area contributed by atoms with Crippen LogP contribution in [0.3, 0.4) is 0 Å². The second-order valence-corrected chi connectivity index (χ2v) is 7.16. The first kappa shape index (κ1) is 19.0. The van der Waals surface area contributed by atoms with Crippen molar-refractivity contribution in [2.45, 2.75) is 25.0 Å². The van der Waals surface area contributed by atoms with Crippen molar-refractivity contribution in [3.63, 3.8) is 0 Å². The molecule has 6 nitrogen and oxygen atoms in total. The van der Waals surface area contributed by atoms with E-state index in [2.05, 4.69) is 15.6 Å². The first-order valence-electron chi connectivity index (χ1n) is 8.78. The average Bonchev–Trinajstić information content (AvgIpc) is 2.68. The molecule has 1 aliphatic rings. The van der Waals surface area contributed by atoms with Crippen LogP contribution in [0.15, 0.2) is 59.6 Å². The van der Waals surface area contributed by atoms with Gasteiger partial charge in [-0.3, -0.25) is 9.59 Å². The molecule has 140 valence electrons. The highest BCUT2D eigenvalue weighted by atomic mass is 32.2. The zero-order valence-corrected chi connectivity index (χ0v) is 15.8. The number of thioether (sulfide) groups is 1. The Labute approximate surface area is 162 Å². The van der Waals surface area contributed by atoms with Gasteiger partial charge in [-0.25, -0.2) is 4.99 Å². The Morgan fingerprint density at radius 1 is 1.22 bits per heavy atom. The predicted octanol–water partition coefficient (Wildman–Crippen LogP) is 3.72. The quantitative estimate of drug-likeness (QED) is 0.797. The van der Waals surface area contributed by atoms with Gasteiger partial charge < -0.3 is 15.4 Å². The number of amidine groups is 1. The highest BCUT2D eigenvalue weighted by Gasteiger charge is 2.30. The molecule has 0 saturated carbocycles. The Balaban J connectivity index is 1.63. The lowest BCUT2D eigenvalue weighted by Gasteiger charge is -2.22. The van der Waals surface area contributed by atoms with Crippen LogP contribution in [0.5, 0.6) is 5.75 Å². The van der Waals surface area contributed by atoms with Crippen LogP contribution in [-0.2, 0) is 9.59 Å². The van der Waals surface area contributed by atoms with E-state index >= 15 is 0 Å². The summed E-state index contributed by atoms with van der Waals surface area (Å²) in [4.78, 5) is 28.9. The van der Waals surface area contributed by atoms with E-state index in [1.54, 1.807) is 12.1 Å². The summed E-state index contributed by atoms with van der Waals surface area (Å²) in [5, 5.41) is 5.47. The largest absolute Gasteiger partial charge is 0.494 e. The van der Waals surface area contributed by atoms with Crippen molar-refractivity contribution in [3.05, 3.63) is 54.6 Å². The lowest BCUT2D eigenvalue weighted by Crippen LogP contribution is -2.41. The van der Waals surface area contributed by atoms with Crippen molar-refractivity contribution in [3.8, 4) is 5.75 Å². The first-order chi connectivity index (χ1) is 13.1. The van der Waals surface area contributed by atoms with Crippen LogP contribution < -0.4 is 15.4 Å². The number of anilines is 1. The van der Waals surface area contributed by atoms with Crippen LogP contribution in [0, 0.1) is 0 Å². The predicted molar refractivity (Wildman–Crippen MR) is 109 cm³/mol. The molecule has 1 aliphatic heterocycles. The summed E-state index contributed by atoms with van der Waals surface area (Å²) in [7, 11) is 0. The summed E-state index contributed by atoms with van der Waals surface area (Å²) in [5.41, 5.74) is 1.39. The van der Waals surface area contributed by atoms with E-state index in [0.29, 0.717) is 17.5 Å². The number of hydrogen-bond acceptors (Lipinski definition) is 5. The van der Waals surface area contributed by atoms with E-state index in [1.165, 1.54) is 11.8 Å². The number of benzene rings is 2. The minimum Gasteiger partial charge on any atom is -0.494 e. The molecule has 27 heavy (non-hydrogen) atoms. The fourth-order valence-electron chi connectivity index (χ4n) is 2.44. The molecule has 1 atom stereocenters. The number of aliphatic imine (C=N–C) groups is 1. The molecule has 7 heteroatoms. The van der Waals surface area contributed by atoms with Crippen LogP contribution in [0.4, 0.5) is 11.4 Å². The van der Waals surface area contributed by atoms with Gasteiger partial charge in [0.05, 0.1) is 12.3 Å². The highest BCUT2D eigenvalue weighted by molar-refractivity contribution is 8.15. The third kappa shape index (κ3) is 5.59. The maximum Gasteiger partial charge on any atom is 0.238 e. The first-order valence-corrected chi connectivity index (χ1v) is 9.66. The van der Waals surface area contributed by atoms with Gasteiger partial charge in [-0.1, -0.05) is 36.9 Å². The molecule has 1 fully saturated rings. The summed E-state index contributed by atoms with van der Waals surface area (Å²) in [6.07, 6.45) is 1.05. The number of rotatable bonds is 6. The van der Waals surface area contributed by atoms with Crippen molar-refractivity contribution in [1.82, 2.24) is 5.32 Å². The van der Waals surface area contributed by atoms with Crippen molar-refractivity contribution in [1.29, 1.82) is 0 Å². The SMILES string of the molecule is CCCOc1ccc(NC(=O)C2CC(=O)NC(=Nc3ccccc3)S2)cc1. The fourth-order valence-corrected chi connectivity index (χ4v) is 3.44. The minimum atomic E-state index is -0.530. The Kier molecular flexibility index (Phi) is 6.49. The molecule has 0 bridgehead atoms. The number of hydrogen-bond donors (Lipinski definition) is 2. The van der Waals surface area contributed by atoms with Crippen molar-refractivity contribution in [2.24, 2.45) is 4.99 Å². The van der Waals surface area contributed by atoms with Crippen LogP contribution in [0.25, 0.3) is 0 Å². The highest BCUT2D eigenvalue weighted by Crippen LogP contribution is 2.25. The Morgan fingerprint density at radius 3 is 2.67 bits per heavy atom. The zero-order valence-electron chi connectivity index (χ0n) is 15.0. The molecule has 0 aromatic heterocycles. The summed E-state index contributed by atoms with van der Waals surface area (Å²) in [5.74, 6) is 0.322. The molecular weight excluding hydrogens is 362 g/mol. The standard InChI is InChI=1S/C20H21N3O3S/c1-2-12-26-16-10-8-15(9-11-16)21-19(25)17-13-18(24)23-20(27-17)22-14-6-4-3-5-7-14/h3-11,17H,2,12-13H2,1H3,(H,21,25)(H,22,23,24). The van der Waals surface area contributed by atoms with E-state index < -0.39 is 5.25 Å². The van der Waals surface area contributed by atoms with Crippen LogP contribution in [0.2, 0.25) is 0 Å². The van der Waals surface area contributed by atoms with E-state index in [-0.39, 0.29) is 18.2 Å². The number of amides is 2. The van der Waals surface area contributed by atoms with Gasteiger partial charge in [0, 0.05) is 12.1 Å². The topological polar surface area (TPSA) is 79.8 Å². The zero-order chi connectivity index (χ0) is 19.1. The van der Waals surface area contributed by atoms with Gasteiger partial charge >= 0.3 is 0 Å². The van der Waals surface area contributed by atoms with Crippen molar-refractivity contribution >= 4 is 40.1 Å². The second-order valence-electron chi connectivity index (χ2n) is 5.97. The van der Waals surface area contributed by atoms with E-state index in [9.17, 15) is 9.59 Å². The summed E-state index contributed by atoms with van der Waals surface area (Å²) in [6.45, 7) is 2.70. The molecule has 2 aromatic carbocycles.